The van der Waals surface area contributed by atoms with E-state index < -0.39 is 11.1 Å². The van der Waals surface area contributed by atoms with Gasteiger partial charge in [0.15, 0.2) is 0 Å². The van der Waals surface area contributed by atoms with Crippen LogP contribution in [0.4, 0.5) is 5.69 Å². The summed E-state index contributed by atoms with van der Waals surface area (Å²) in [6.45, 7) is 0. The number of allylic oxidation sites excluding steroid dienone is 1. The van der Waals surface area contributed by atoms with Gasteiger partial charge in [-0.1, -0.05) is 36.4 Å². The Morgan fingerprint density at radius 1 is 1.05 bits per heavy atom. The molecule has 0 aromatic heterocycles. The summed E-state index contributed by atoms with van der Waals surface area (Å²) in [5, 5.41) is 0. The highest BCUT2D eigenvalue weighted by atomic mass is 32.2. The molecule has 0 saturated heterocycles. The van der Waals surface area contributed by atoms with E-state index in [9.17, 15) is 4.21 Å². The van der Waals surface area contributed by atoms with Gasteiger partial charge in [0.2, 0.25) is 11.1 Å². The van der Waals surface area contributed by atoms with Gasteiger partial charge in [-0.3, -0.25) is 4.99 Å². The van der Waals surface area contributed by atoms with Gasteiger partial charge in [-0.25, -0.2) is 4.21 Å². The molecule has 102 valence electrons. The Kier molecular flexibility index (Phi) is 5.37. The summed E-state index contributed by atoms with van der Waals surface area (Å²) in [7, 11) is 0. The first-order valence-electron chi connectivity index (χ1n) is 5.94. The highest BCUT2D eigenvalue weighted by Crippen LogP contribution is 2.15. The van der Waals surface area contributed by atoms with Gasteiger partial charge in [0.25, 0.3) is 0 Å². The van der Waals surface area contributed by atoms with Gasteiger partial charge < -0.3 is 0 Å². The first-order valence-corrected chi connectivity index (χ1v) is 7.02. The lowest BCUT2D eigenvalue weighted by atomic mass is 10.2. The molecule has 20 heavy (non-hydrogen) atoms. The molecule has 1 unspecified atom stereocenters. The molecule has 0 radical (unpaired) electrons. The third-order valence-corrected chi connectivity index (χ3v) is 3.35. The molecule has 0 spiro atoms. The van der Waals surface area contributed by atoms with E-state index in [2.05, 4.69) is 9.28 Å². The smallest absolute Gasteiger partial charge is 0.206 e. The van der Waals surface area contributed by atoms with Crippen molar-refractivity contribution in [3.8, 4) is 0 Å². The molecule has 0 aliphatic heterocycles. The minimum absolute atomic E-state index is 0.506. The van der Waals surface area contributed by atoms with E-state index in [1.807, 2.05) is 42.5 Å². The van der Waals surface area contributed by atoms with Crippen LogP contribution in [-0.2, 0) is 15.4 Å². The second-order valence-electron chi connectivity index (χ2n) is 3.87. The number of nitrogens with zero attached hydrogens (tertiary/aromatic N) is 1. The SMILES string of the molecule is NOS(=O)c1ccc(N=CC=Cc2ccccc2)cc1. The van der Waals surface area contributed by atoms with Crippen LogP contribution in [0, 0.1) is 0 Å². The van der Waals surface area contributed by atoms with Crippen molar-refractivity contribution in [1.29, 1.82) is 0 Å². The molecule has 2 N–H and O–H groups in total. The van der Waals surface area contributed by atoms with E-state index in [0.717, 1.165) is 11.3 Å². The lowest BCUT2D eigenvalue weighted by Gasteiger charge is -1.98. The van der Waals surface area contributed by atoms with Gasteiger partial charge in [-0.2, -0.15) is 10.2 Å². The Balaban J connectivity index is 1.98. The minimum Gasteiger partial charge on any atom is -0.257 e. The van der Waals surface area contributed by atoms with E-state index in [1.54, 1.807) is 30.5 Å². The molecule has 0 aliphatic carbocycles. The van der Waals surface area contributed by atoms with Crippen LogP contribution in [0.2, 0.25) is 0 Å². The average Bonchev–Trinajstić information content (AvgIpc) is 2.52. The van der Waals surface area contributed by atoms with E-state index in [4.69, 9.17) is 5.90 Å². The third kappa shape index (κ3) is 4.24. The summed E-state index contributed by atoms with van der Waals surface area (Å²) in [5.41, 5.74) is 1.88. The second kappa shape index (κ2) is 7.49. The summed E-state index contributed by atoms with van der Waals surface area (Å²) in [5.74, 6) is 4.86. The van der Waals surface area contributed by atoms with Crippen molar-refractivity contribution >= 4 is 29.1 Å². The van der Waals surface area contributed by atoms with Crippen LogP contribution in [-0.4, -0.2) is 10.4 Å². The molecule has 0 aliphatic rings. The van der Waals surface area contributed by atoms with Gasteiger partial charge in [-0.05, 0) is 35.9 Å². The van der Waals surface area contributed by atoms with Crippen LogP contribution >= 0.6 is 0 Å². The van der Waals surface area contributed by atoms with Crippen molar-refractivity contribution in [3.05, 3.63) is 66.2 Å². The largest absolute Gasteiger partial charge is 0.257 e. The van der Waals surface area contributed by atoms with Crippen molar-refractivity contribution in [1.82, 2.24) is 0 Å². The molecule has 0 saturated carbocycles. The molecule has 0 bridgehead atoms. The Bertz CT molecular complexity index is 622. The Hall–Kier alpha value is -2.08. The predicted octanol–water partition coefficient (Wildman–Crippen LogP) is 3.02. The molecule has 1 atom stereocenters. The fourth-order valence-corrected chi connectivity index (χ4v) is 2.02. The van der Waals surface area contributed by atoms with Gasteiger partial charge in [0.1, 0.15) is 0 Å². The first kappa shape index (κ1) is 14.3. The Morgan fingerprint density at radius 2 is 1.75 bits per heavy atom. The monoisotopic (exact) mass is 286 g/mol. The summed E-state index contributed by atoms with van der Waals surface area (Å²) in [6, 6.07) is 16.8. The molecule has 5 heteroatoms. The predicted molar refractivity (Wildman–Crippen MR) is 81.8 cm³/mol. The van der Waals surface area contributed by atoms with Crippen molar-refractivity contribution in [3.63, 3.8) is 0 Å². The minimum atomic E-state index is -1.62. The highest BCUT2D eigenvalue weighted by molar-refractivity contribution is 7.80. The van der Waals surface area contributed by atoms with E-state index in [-0.39, 0.29) is 0 Å². The van der Waals surface area contributed by atoms with Crippen LogP contribution in [0.25, 0.3) is 6.08 Å². The quantitative estimate of drug-likeness (QED) is 0.678. The number of nitrogens with two attached hydrogens (primary N) is 1. The lowest BCUT2D eigenvalue weighted by molar-refractivity contribution is 0.367. The molecule has 0 amide bonds. The normalized spacial score (nSPS) is 13.1. The van der Waals surface area contributed by atoms with Crippen LogP contribution in [0.5, 0.6) is 0 Å². The average molecular weight is 286 g/mol. The number of hydrogen-bond donors (Lipinski definition) is 1. The Morgan fingerprint density at radius 3 is 2.40 bits per heavy atom. The highest BCUT2D eigenvalue weighted by Gasteiger charge is 2.01. The standard InChI is InChI=1S/C15H14N2O2S/c16-19-20(18)15-10-8-14(9-11-15)17-12-4-7-13-5-2-1-3-6-13/h1-12H,16H2. The van der Waals surface area contributed by atoms with Crippen LogP contribution in [0.1, 0.15) is 5.56 Å². The maximum Gasteiger partial charge on any atom is 0.206 e. The Labute approximate surface area is 120 Å². The van der Waals surface area contributed by atoms with Crippen LogP contribution < -0.4 is 5.90 Å². The topological polar surface area (TPSA) is 64.7 Å². The van der Waals surface area contributed by atoms with Gasteiger partial charge in [0, 0.05) is 6.21 Å². The molecule has 0 fully saturated rings. The number of hydrogen-bond acceptors (Lipinski definition) is 4. The summed E-state index contributed by atoms with van der Waals surface area (Å²) in [6.07, 6.45) is 5.54. The molecule has 4 nitrogen and oxygen atoms in total. The maximum atomic E-state index is 11.3. The molecule has 2 rings (SSSR count). The second-order valence-corrected chi connectivity index (χ2v) is 5.01. The number of rotatable bonds is 5. The van der Waals surface area contributed by atoms with Gasteiger partial charge >= 0.3 is 0 Å². The fourth-order valence-electron chi connectivity index (χ4n) is 1.55. The van der Waals surface area contributed by atoms with Crippen LogP contribution in [0.15, 0.2) is 70.6 Å². The van der Waals surface area contributed by atoms with Crippen molar-refractivity contribution < 1.29 is 8.49 Å². The fraction of sp³-hybridized carbons (Fsp3) is 0. The van der Waals surface area contributed by atoms with Gasteiger partial charge in [0.05, 0.1) is 10.6 Å². The van der Waals surface area contributed by atoms with Gasteiger partial charge in [-0.15, -0.1) is 0 Å². The van der Waals surface area contributed by atoms with E-state index in [1.165, 1.54) is 0 Å². The van der Waals surface area contributed by atoms with E-state index >= 15 is 0 Å². The zero-order valence-corrected chi connectivity index (χ0v) is 11.5. The summed E-state index contributed by atoms with van der Waals surface area (Å²) >= 11 is -1.62. The molecule has 2 aromatic rings. The summed E-state index contributed by atoms with van der Waals surface area (Å²) < 4.78 is 15.5. The zero-order valence-electron chi connectivity index (χ0n) is 10.7. The lowest BCUT2D eigenvalue weighted by Crippen LogP contribution is -2.02. The number of benzene rings is 2. The van der Waals surface area contributed by atoms with Crippen molar-refractivity contribution in [2.45, 2.75) is 4.90 Å². The zero-order chi connectivity index (χ0) is 14.2. The molecular weight excluding hydrogens is 272 g/mol. The maximum absolute atomic E-state index is 11.3. The molecular formula is C15H14N2O2S. The van der Waals surface area contributed by atoms with Crippen molar-refractivity contribution in [2.24, 2.45) is 10.9 Å². The van der Waals surface area contributed by atoms with Crippen molar-refractivity contribution in [2.75, 3.05) is 0 Å². The third-order valence-electron chi connectivity index (χ3n) is 2.51. The number of aliphatic imine (C=N–C) groups is 1. The molecule has 2 aromatic carbocycles. The first-order chi connectivity index (χ1) is 9.79. The van der Waals surface area contributed by atoms with E-state index in [0.29, 0.717) is 4.90 Å². The molecule has 0 heterocycles. The van der Waals surface area contributed by atoms with Crippen LogP contribution in [0.3, 0.4) is 0 Å². The summed E-state index contributed by atoms with van der Waals surface area (Å²) in [4.78, 5) is 4.77.